The Labute approximate surface area is 142 Å². The van der Waals surface area contributed by atoms with E-state index >= 15 is 0 Å². The van der Waals surface area contributed by atoms with Crippen LogP contribution in [-0.2, 0) is 30.3 Å². The number of hydrogen-bond donors (Lipinski definition) is 2. The number of aromatic nitrogens is 2. The normalized spacial score (nSPS) is 19.8. The highest BCUT2D eigenvalue weighted by Crippen LogP contribution is 2.34. The molecule has 0 saturated carbocycles. The van der Waals surface area contributed by atoms with Gasteiger partial charge < -0.3 is 10.4 Å². The molecule has 0 bridgehead atoms. The first kappa shape index (κ1) is 16.7. The maximum absolute atomic E-state index is 12.2. The third kappa shape index (κ3) is 3.51. The molecule has 2 N–H and O–H groups in total. The summed E-state index contributed by atoms with van der Waals surface area (Å²) < 4.78 is 1.77. The van der Waals surface area contributed by atoms with Crippen LogP contribution in [0.5, 0.6) is 0 Å². The minimum absolute atomic E-state index is 0.0327. The van der Waals surface area contributed by atoms with Crippen molar-refractivity contribution in [1.29, 1.82) is 0 Å². The van der Waals surface area contributed by atoms with Gasteiger partial charge in [-0.2, -0.15) is 5.10 Å². The summed E-state index contributed by atoms with van der Waals surface area (Å²) in [5.41, 5.74) is 3.25. The molecule has 5 nitrogen and oxygen atoms in total. The van der Waals surface area contributed by atoms with Crippen LogP contribution in [0, 0.1) is 6.92 Å². The number of aliphatic hydroxyl groups is 1. The lowest BCUT2D eigenvalue weighted by Gasteiger charge is -2.34. The molecule has 0 spiro atoms. The summed E-state index contributed by atoms with van der Waals surface area (Å²) in [7, 11) is 1.88. The summed E-state index contributed by atoms with van der Waals surface area (Å²) in [5.74, 6) is -0.0327. The predicted octanol–water partition coefficient (Wildman–Crippen LogP) is 2.00. The van der Waals surface area contributed by atoms with Gasteiger partial charge in [0.2, 0.25) is 5.91 Å². The van der Waals surface area contributed by atoms with Crippen molar-refractivity contribution in [2.24, 2.45) is 7.05 Å². The number of benzene rings is 1. The van der Waals surface area contributed by atoms with E-state index in [0.29, 0.717) is 19.3 Å². The number of hydrogen-bond acceptors (Lipinski definition) is 3. The van der Waals surface area contributed by atoms with Crippen molar-refractivity contribution in [3.8, 4) is 0 Å². The van der Waals surface area contributed by atoms with Gasteiger partial charge in [0, 0.05) is 19.7 Å². The standard InChI is InChI=1S/C19H25N3O2/c1-14-16(12-22(2)21-14)9-10-18(23)20-13-19(24)11-5-7-15-6-3-4-8-17(15)19/h3-4,6,8,12,24H,5,7,9-11,13H2,1-2H3,(H,20,23). The molecule has 0 aliphatic heterocycles. The Morgan fingerprint density at radius 1 is 1.42 bits per heavy atom. The Hall–Kier alpha value is -2.14. The maximum Gasteiger partial charge on any atom is 0.220 e. The molecule has 0 fully saturated rings. The minimum Gasteiger partial charge on any atom is -0.383 e. The van der Waals surface area contributed by atoms with Crippen molar-refractivity contribution >= 4 is 5.91 Å². The Kier molecular flexibility index (Phi) is 4.71. The molecule has 1 heterocycles. The molecule has 0 saturated heterocycles. The molecule has 1 aliphatic carbocycles. The van der Waals surface area contributed by atoms with Crippen molar-refractivity contribution in [2.75, 3.05) is 6.54 Å². The van der Waals surface area contributed by atoms with E-state index in [-0.39, 0.29) is 12.5 Å². The summed E-state index contributed by atoms with van der Waals surface area (Å²) in [6.45, 7) is 2.23. The summed E-state index contributed by atoms with van der Waals surface area (Å²) in [5, 5.41) is 18.2. The molecule has 2 aromatic rings. The number of carbonyl (C=O) groups is 1. The van der Waals surface area contributed by atoms with Crippen molar-refractivity contribution < 1.29 is 9.90 Å². The van der Waals surface area contributed by atoms with Gasteiger partial charge in [0.1, 0.15) is 5.60 Å². The van der Waals surface area contributed by atoms with Crippen molar-refractivity contribution in [3.05, 3.63) is 52.8 Å². The molecule has 1 atom stereocenters. The number of nitrogens with one attached hydrogen (secondary N) is 1. The van der Waals surface area contributed by atoms with E-state index < -0.39 is 5.60 Å². The van der Waals surface area contributed by atoms with E-state index in [1.54, 1.807) is 4.68 Å². The summed E-state index contributed by atoms with van der Waals surface area (Å²) in [4.78, 5) is 12.2. The van der Waals surface area contributed by atoms with E-state index in [1.165, 1.54) is 5.56 Å². The van der Waals surface area contributed by atoms with Crippen LogP contribution < -0.4 is 5.32 Å². The molecular formula is C19H25N3O2. The molecule has 1 aliphatic rings. The summed E-state index contributed by atoms with van der Waals surface area (Å²) >= 11 is 0. The van der Waals surface area contributed by atoms with Crippen LogP contribution in [0.25, 0.3) is 0 Å². The highest BCUT2D eigenvalue weighted by atomic mass is 16.3. The minimum atomic E-state index is -0.950. The number of nitrogens with zero attached hydrogens (tertiary/aromatic N) is 2. The lowest BCUT2D eigenvalue weighted by Crippen LogP contribution is -2.43. The van der Waals surface area contributed by atoms with Gasteiger partial charge in [0.15, 0.2) is 0 Å². The van der Waals surface area contributed by atoms with Gasteiger partial charge in [0.25, 0.3) is 0 Å². The predicted molar refractivity (Wildman–Crippen MR) is 92.6 cm³/mol. The second kappa shape index (κ2) is 6.77. The molecule has 1 unspecified atom stereocenters. The topological polar surface area (TPSA) is 67.2 Å². The fraction of sp³-hybridized carbons (Fsp3) is 0.474. The molecule has 128 valence electrons. The van der Waals surface area contributed by atoms with Gasteiger partial charge in [-0.3, -0.25) is 9.48 Å². The number of amides is 1. The summed E-state index contributed by atoms with van der Waals surface area (Å²) in [6, 6.07) is 7.98. The van der Waals surface area contributed by atoms with Crippen LogP contribution in [0.4, 0.5) is 0 Å². The number of fused-ring (bicyclic) bond motifs is 1. The largest absolute Gasteiger partial charge is 0.383 e. The third-order valence-electron chi connectivity index (χ3n) is 4.87. The smallest absolute Gasteiger partial charge is 0.220 e. The van der Waals surface area contributed by atoms with Crippen LogP contribution in [0.1, 0.15) is 41.6 Å². The van der Waals surface area contributed by atoms with Gasteiger partial charge in [-0.05, 0) is 49.3 Å². The lowest BCUT2D eigenvalue weighted by molar-refractivity contribution is -0.122. The van der Waals surface area contributed by atoms with E-state index in [2.05, 4.69) is 16.5 Å². The van der Waals surface area contributed by atoms with E-state index in [1.807, 2.05) is 38.4 Å². The molecule has 1 aromatic heterocycles. The molecule has 0 radical (unpaired) electrons. The van der Waals surface area contributed by atoms with Gasteiger partial charge in [-0.15, -0.1) is 0 Å². The van der Waals surface area contributed by atoms with Crippen LogP contribution in [0.15, 0.2) is 30.5 Å². The first-order valence-electron chi connectivity index (χ1n) is 8.54. The van der Waals surface area contributed by atoms with Gasteiger partial charge >= 0.3 is 0 Å². The van der Waals surface area contributed by atoms with Gasteiger partial charge in [-0.25, -0.2) is 0 Å². The van der Waals surface area contributed by atoms with Crippen molar-refractivity contribution in [3.63, 3.8) is 0 Å². The number of rotatable bonds is 5. The second-order valence-electron chi connectivity index (χ2n) is 6.73. The van der Waals surface area contributed by atoms with Gasteiger partial charge in [0.05, 0.1) is 12.2 Å². The lowest BCUT2D eigenvalue weighted by atomic mass is 9.79. The summed E-state index contributed by atoms with van der Waals surface area (Å²) in [6.07, 6.45) is 5.65. The molecule has 5 heteroatoms. The molecule has 1 aromatic carbocycles. The zero-order valence-electron chi connectivity index (χ0n) is 14.4. The van der Waals surface area contributed by atoms with Gasteiger partial charge in [-0.1, -0.05) is 24.3 Å². The third-order valence-corrected chi connectivity index (χ3v) is 4.87. The molecule has 3 rings (SSSR count). The zero-order chi connectivity index (χ0) is 17.2. The van der Waals surface area contributed by atoms with Crippen molar-refractivity contribution in [2.45, 2.75) is 44.6 Å². The van der Waals surface area contributed by atoms with Crippen LogP contribution in [-0.4, -0.2) is 27.3 Å². The first-order chi connectivity index (χ1) is 11.5. The highest BCUT2D eigenvalue weighted by Gasteiger charge is 2.34. The quantitative estimate of drug-likeness (QED) is 0.883. The fourth-order valence-electron chi connectivity index (χ4n) is 3.56. The number of carbonyl (C=O) groups excluding carboxylic acids is 1. The monoisotopic (exact) mass is 327 g/mol. The highest BCUT2D eigenvalue weighted by molar-refractivity contribution is 5.76. The first-order valence-corrected chi connectivity index (χ1v) is 8.54. The van der Waals surface area contributed by atoms with E-state index in [0.717, 1.165) is 29.7 Å². The van der Waals surface area contributed by atoms with Crippen LogP contribution in [0.2, 0.25) is 0 Å². The van der Waals surface area contributed by atoms with E-state index in [9.17, 15) is 9.90 Å². The molecule has 24 heavy (non-hydrogen) atoms. The average molecular weight is 327 g/mol. The fourth-order valence-corrected chi connectivity index (χ4v) is 3.56. The van der Waals surface area contributed by atoms with E-state index in [4.69, 9.17) is 0 Å². The Balaban J connectivity index is 1.57. The average Bonchev–Trinajstić information content (AvgIpc) is 2.89. The van der Waals surface area contributed by atoms with Crippen LogP contribution in [0.3, 0.4) is 0 Å². The SMILES string of the molecule is Cc1nn(C)cc1CCC(=O)NCC1(O)CCCc2ccccc21. The Morgan fingerprint density at radius 3 is 2.96 bits per heavy atom. The molecule has 1 amide bonds. The maximum atomic E-state index is 12.2. The molecular weight excluding hydrogens is 302 g/mol. The second-order valence-corrected chi connectivity index (χ2v) is 6.73. The number of aryl methyl sites for hydroxylation is 4. The Bertz CT molecular complexity index is 738. The Morgan fingerprint density at radius 2 is 2.21 bits per heavy atom. The van der Waals surface area contributed by atoms with Crippen molar-refractivity contribution in [1.82, 2.24) is 15.1 Å². The zero-order valence-corrected chi connectivity index (χ0v) is 14.4. The van der Waals surface area contributed by atoms with Crippen LogP contribution >= 0.6 is 0 Å².